The lowest BCUT2D eigenvalue weighted by molar-refractivity contribution is -0.137. The van der Waals surface area contributed by atoms with Crippen LogP contribution in [0.15, 0.2) is 6.07 Å². The molecule has 0 aromatic carbocycles. The average Bonchev–Trinajstić information content (AvgIpc) is 2.89. The van der Waals surface area contributed by atoms with Gasteiger partial charge in [0.25, 0.3) is 5.91 Å². The first-order valence-corrected chi connectivity index (χ1v) is 9.22. The fraction of sp³-hybridized carbons (Fsp3) is 0.600. The first-order valence-electron chi connectivity index (χ1n) is 7.25. The Morgan fingerprint density at radius 2 is 2.24 bits per heavy atom. The maximum Gasteiger partial charge on any atom is 0.303 e. The molecular formula is C15H21NO3S2. The van der Waals surface area contributed by atoms with Crippen molar-refractivity contribution in [2.45, 2.75) is 38.4 Å². The van der Waals surface area contributed by atoms with Crippen LogP contribution in [0.5, 0.6) is 0 Å². The molecule has 21 heavy (non-hydrogen) atoms. The number of thiophene rings is 1. The number of hydrogen-bond donors (Lipinski definition) is 2. The zero-order chi connectivity index (χ0) is 15.2. The fourth-order valence-corrected chi connectivity index (χ4v) is 4.58. The molecule has 0 saturated carbocycles. The Morgan fingerprint density at radius 3 is 2.95 bits per heavy atom. The summed E-state index contributed by atoms with van der Waals surface area (Å²) in [5.41, 5.74) is 1.32. The van der Waals surface area contributed by atoms with E-state index in [9.17, 15) is 9.59 Å². The molecule has 2 heterocycles. The van der Waals surface area contributed by atoms with Crippen molar-refractivity contribution in [3.8, 4) is 0 Å². The summed E-state index contributed by atoms with van der Waals surface area (Å²) in [7, 11) is 0. The number of carboxylic acids is 1. The SMILES string of the molecule is CC(CCNC(=O)c1cc2c(s1)CCSC2)CCC(=O)O. The van der Waals surface area contributed by atoms with Gasteiger partial charge in [0.05, 0.1) is 4.88 Å². The molecule has 1 atom stereocenters. The van der Waals surface area contributed by atoms with Gasteiger partial charge in [-0.25, -0.2) is 0 Å². The number of aryl methyl sites for hydroxylation is 1. The van der Waals surface area contributed by atoms with E-state index >= 15 is 0 Å². The molecule has 0 radical (unpaired) electrons. The summed E-state index contributed by atoms with van der Waals surface area (Å²) in [5, 5.41) is 11.6. The van der Waals surface area contributed by atoms with E-state index in [-0.39, 0.29) is 12.3 Å². The third-order valence-corrected chi connectivity index (χ3v) is 5.87. The molecular weight excluding hydrogens is 306 g/mol. The zero-order valence-corrected chi connectivity index (χ0v) is 13.8. The first-order chi connectivity index (χ1) is 10.1. The van der Waals surface area contributed by atoms with Crippen molar-refractivity contribution in [1.29, 1.82) is 0 Å². The van der Waals surface area contributed by atoms with E-state index in [2.05, 4.69) is 5.32 Å². The van der Waals surface area contributed by atoms with Crippen LogP contribution in [0.1, 0.15) is 46.3 Å². The highest BCUT2D eigenvalue weighted by Gasteiger charge is 2.17. The van der Waals surface area contributed by atoms with Gasteiger partial charge in [0.15, 0.2) is 0 Å². The zero-order valence-electron chi connectivity index (χ0n) is 12.2. The van der Waals surface area contributed by atoms with Crippen LogP contribution in [0, 0.1) is 5.92 Å². The molecule has 116 valence electrons. The van der Waals surface area contributed by atoms with Gasteiger partial charge in [-0.05, 0) is 42.6 Å². The maximum absolute atomic E-state index is 12.1. The molecule has 2 rings (SSSR count). The number of nitrogens with one attached hydrogen (secondary N) is 1. The van der Waals surface area contributed by atoms with Crippen LogP contribution < -0.4 is 5.32 Å². The second kappa shape index (κ2) is 7.84. The van der Waals surface area contributed by atoms with Crippen molar-refractivity contribution < 1.29 is 14.7 Å². The van der Waals surface area contributed by atoms with Crippen molar-refractivity contribution in [2.75, 3.05) is 12.3 Å². The van der Waals surface area contributed by atoms with E-state index in [0.717, 1.165) is 29.2 Å². The molecule has 0 spiro atoms. The Bertz CT molecular complexity index is 490. The first kappa shape index (κ1) is 16.4. The molecule has 0 saturated heterocycles. The van der Waals surface area contributed by atoms with Gasteiger partial charge in [-0.2, -0.15) is 11.8 Å². The molecule has 1 unspecified atom stereocenters. The van der Waals surface area contributed by atoms with Crippen LogP contribution in [0.4, 0.5) is 0 Å². The minimum Gasteiger partial charge on any atom is -0.481 e. The quantitative estimate of drug-likeness (QED) is 0.807. The Morgan fingerprint density at radius 1 is 1.43 bits per heavy atom. The topological polar surface area (TPSA) is 66.4 Å². The predicted octanol–water partition coefficient (Wildman–Crippen LogP) is 3.16. The van der Waals surface area contributed by atoms with Crippen LogP contribution in [0.3, 0.4) is 0 Å². The lowest BCUT2D eigenvalue weighted by atomic mass is 10.0. The molecule has 1 aliphatic heterocycles. The van der Waals surface area contributed by atoms with Gasteiger partial charge in [-0.1, -0.05) is 6.92 Å². The number of aliphatic carboxylic acids is 1. The van der Waals surface area contributed by atoms with Crippen molar-refractivity contribution in [2.24, 2.45) is 5.92 Å². The van der Waals surface area contributed by atoms with Crippen LogP contribution in [-0.2, 0) is 17.0 Å². The lowest BCUT2D eigenvalue weighted by Gasteiger charge is -2.10. The summed E-state index contributed by atoms with van der Waals surface area (Å²) in [5.74, 6) is 1.73. The molecule has 0 fully saturated rings. The fourth-order valence-electron chi connectivity index (χ4n) is 2.29. The highest BCUT2D eigenvalue weighted by Crippen LogP contribution is 2.31. The summed E-state index contributed by atoms with van der Waals surface area (Å²) in [6.07, 6.45) is 2.75. The Labute approximate surface area is 133 Å². The molecule has 0 aliphatic carbocycles. The normalized spacial score (nSPS) is 15.3. The Hall–Kier alpha value is -1.01. The van der Waals surface area contributed by atoms with Crippen LogP contribution in [-0.4, -0.2) is 29.3 Å². The molecule has 1 aromatic heterocycles. The number of carboxylic acid groups (broad SMARTS) is 1. The van der Waals surface area contributed by atoms with E-state index in [1.165, 1.54) is 10.4 Å². The van der Waals surface area contributed by atoms with Gasteiger partial charge < -0.3 is 10.4 Å². The maximum atomic E-state index is 12.1. The number of carbonyl (C=O) groups excluding carboxylic acids is 1. The molecule has 4 nitrogen and oxygen atoms in total. The molecule has 6 heteroatoms. The third kappa shape index (κ3) is 5.04. The van der Waals surface area contributed by atoms with Gasteiger partial charge in [0, 0.05) is 23.6 Å². The second-order valence-corrected chi connectivity index (χ2v) is 7.69. The average molecular weight is 327 g/mol. The third-order valence-electron chi connectivity index (χ3n) is 3.63. The summed E-state index contributed by atoms with van der Waals surface area (Å²) in [6, 6.07) is 2.02. The monoisotopic (exact) mass is 327 g/mol. The second-order valence-electron chi connectivity index (χ2n) is 5.44. The summed E-state index contributed by atoms with van der Waals surface area (Å²) in [6.45, 7) is 2.63. The number of hydrogen-bond acceptors (Lipinski definition) is 4. The van der Waals surface area contributed by atoms with E-state index in [1.54, 1.807) is 11.3 Å². The number of rotatable bonds is 7. The van der Waals surface area contributed by atoms with Crippen LogP contribution in [0.25, 0.3) is 0 Å². The van der Waals surface area contributed by atoms with E-state index in [1.807, 2.05) is 24.8 Å². The molecule has 1 aromatic rings. The summed E-state index contributed by atoms with van der Waals surface area (Å²) in [4.78, 5) is 24.8. The van der Waals surface area contributed by atoms with Crippen molar-refractivity contribution in [3.63, 3.8) is 0 Å². The Kier molecular flexibility index (Phi) is 6.11. The van der Waals surface area contributed by atoms with Crippen molar-refractivity contribution in [1.82, 2.24) is 5.32 Å². The summed E-state index contributed by atoms with van der Waals surface area (Å²) >= 11 is 3.53. The van der Waals surface area contributed by atoms with Gasteiger partial charge in [-0.15, -0.1) is 11.3 Å². The minimum absolute atomic E-state index is 0.00448. The van der Waals surface area contributed by atoms with Crippen molar-refractivity contribution >= 4 is 35.0 Å². The van der Waals surface area contributed by atoms with E-state index < -0.39 is 5.97 Å². The molecule has 0 bridgehead atoms. The largest absolute Gasteiger partial charge is 0.481 e. The predicted molar refractivity (Wildman–Crippen MR) is 87.2 cm³/mol. The highest BCUT2D eigenvalue weighted by molar-refractivity contribution is 7.98. The molecule has 2 N–H and O–H groups in total. The van der Waals surface area contributed by atoms with Gasteiger partial charge in [0.2, 0.25) is 0 Å². The number of carbonyl (C=O) groups is 2. The lowest BCUT2D eigenvalue weighted by Crippen LogP contribution is -2.24. The standard InChI is InChI=1S/C15H21NO3S2/c1-10(2-3-14(17)18)4-6-16-15(19)13-8-11-9-20-7-5-12(11)21-13/h8,10H,2-7,9H2,1H3,(H,16,19)(H,17,18). The van der Waals surface area contributed by atoms with E-state index in [0.29, 0.717) is 18.9 Å². The number of thioether (sulfide) groups is 1. The van der Waals surface area contributed by atoms with Gasteiger partial charge in [-0.3, -0.25) is 9.59 Å². The molecule has 1 aliphatic rings. The number of amides is 1. The highest BCUT2D eigenvalue weighted by atomic mass is 32.2. The molecule has 1 amide bonds. The summed E-state index contributed by atoms with van der Waals surface area (Å²) < 4.78 is 0. The van der Waals surface area contributed by atoms with Gasteiger partial charge >= 0.3 is 5.97 Å². The van der Waals surface area contributed by atoms with Crippen molar-refractivity contribution in [3.05, 3.63) is 21.4 Å². The number of fused-ring (bicyclic) bond motifs is 1. The van der Waals surface area contributed by atoms with Crippen LogP contribution in [0.2, 0.25) is 0 Å². The van der Waals surface area contributed by atoms with Gasteiger partial charge in [0.1, 0.15) is 0 Å². The Balaban J connectivity index is 1.74. The van der Waals surface area contributed by atoms with Crippen LogP contribution >= 0.6 is 23.1 Å². The van der Waals surface area contributed by atoms with E-state index in [4.69, 9.17) is 5.11 Å². The smallest absolute Gasteiger partial charge is 0.303 e. The minimum atomic E-state index is -0.757.